The summed E-state index contributed by atoms with van der Waals surface area (Å²) in [5, 5.41) is 2.74. The molecule has 1 unspecified atom stereocenters. The Morgan fingerprint density at radius 3 is 2.53 bits per heavy atom. The van der Waals surface area contributed by atoms with E-state index < -0.39 is 6.04 Å². The molecule has 1 amide bonds. The lowest BCUT2D eigenvalue weighted by Gasteiger charge is -2.19. The lowest BCUT2D eigenvalue weighted by atomic mass is 10.0. The van der Waals surface area contributed by atoms with Crippen molar-refractivity contribution in [3.63, 3.8) is 0 Å². The molecule has 0 fully saturated rings. The number of amides is 1. The highest BCUT2D eigenvalue weighted by molar-refractivity contribution is 5.87. The third kappa shape index (κ3) is 3.69. The van der Waals surface area contributed by atoms with E-state index in [0.29, 0.717) is 0 Å². The highest BCUT2D eigenvalue weighted by Crippen LogP contribution is 2.03. The second kappa shape index (κ2) is 5.61. The van der Waals surface area contributed by atoms with Crippen molar-refractivity contribution < 1.29 is 9.59 Å². The van der Waals surface area contributed by atoms with E-state index in [1.54, 1.807) is 17.0 Å². The van der Waals surface area contributed by atoms with Crippen molar-refractivity contribution in [2.24, 2.45) is 5.92 Å². The highest BCUT2D eigenvalue weighted by Gasteiger charge is 2.20. The number of carbonyl (C=O) groups excluding carboxylic acids is 2. The molecule has 0 aliphatic heterocycles. The quantitative estimate of drug-likeness (QED) is 0.828. The van der Waals surface area contributed by atoms with E-state index in [4.69, 9.17) is 0 Å². The Morgan fingerprint density at radius 1 is 1.47 bits per heavy atom. The highest BCUT2D eigenvalue weighted by atomic mass is 16.2. The molecule has 0 saturated heterocycles. The van der Waals surface area contributed by atoms with Gasteiger partial charge in [0, 0.05) is 12.4 Å². The van der Waals surface area contributed by atoms with Crippen LogP contribution < -0.4 is 5.32 Å². The minimum Gasteiger partial charge on any atom is -0.344 e. The Morgan fingerprint density at radius 2 is 2.12 bits per heavy atom. The zero-order valence-corrected chi connectivity index (χ0v) is 10.7. The predicted molar refractivity (Wildman–Crippen MR) is 64.4 cm³/mol. The first-order chi connectivity index (χ1) is 7.91. The van der Waals surface area contributed by atoms with Crippen molar-refractivity contribution in [3.8, 4) is 0 Å². The van der Waals surface area contributed by atoms with Crippen LogP contribution in [0.3, 0.4) is 0 Å². The number of carbonyl (C=O) groups is 2. The number of nitrogens with one attached hydrogen (secondary N) is 1. The van der Waals surface area contributed by atoms with Gasteiger partial charge in [-0.25, -0.2) is 4.98 Å². The van der Waals surface area contributed by atoms with Gasteiger partial charge in [-0.1, -0.05) is 13.8 Å². The summed E-state index contributed by atoms with van der Waals surface area (Å²) in [5.74, 6) is 0.695. The van der Waals surface area contributed by atoms with Gasteiger partial charge in [0.15, 0.2) is 5.78 Å². The van der Waals surface area contributed by atoms with Gasteiger partial charge in [-0.3, -0.25) is 9.59 Å². The van der Waals surface area contributed by atoms with Crippen LogP contribution in [0, 0.1) is 12.8 Å². The van der Waals surface area contributed by atoms with Crippen LogP contribution in [-0.2, 0) is 16.1 Å². The molecule has 5 heteroatoms. The molecule has 94 valence electrons. The number of Topliss-reactive ketones (excluding diaryl/α,β-unsaturated/α-hetero) is 1. The fraction of sp³-hybridized carbons (Fsp3) is 0.583. The second-order valence-electron chi connectivity index (χ2n) is 4.50. The van der Waals surface area contributed by atoms with Crippen molar-refractivity contribution in [2.75, 3.05) is 0 Å². The van der Waals surface area contributed by atoms with Crippen LogP contribution in [0.4, 0.5) is 0 Å². The first-order valence-electron chi connectivity index (χ1n) is 5.69. The van der Waals surface area contributed by atoms with Crippen LogP contribution in [0.15, 0.2) is 12.4 Å². The molecule has 0 aliphatic carbocycles. The molecule has 0 saturated carbocycles. The topological polar surface area (TPSA) is 64.0 Å². The standard InChI is InChI=1S/C12H19N3O2/c1-8(2)12(9(3)16)14-11(17)7-15-6-5-13-10(15)4/h5-6,8,12H,7H2,1-4H3,(H,14,17). The number of hydrogen-bond donors (Lipinski definition) is 1. The molecule has 0 bridgehead atoms. The molecular formula is C12H19N3O2. The maximum Gasteiger partial charge on any atom is 0.240 e. The summed E-state index contributed by atoms with van der Waals surface area (Å²) in [7, 11) is 0. The van der Waals surface area contributed by atoms with Gasteiger partial charge < -0.3 is 9.88 Å². The molecule has 0 aromatic carbocycles. The minimum atomic E-state index is -0.411. The first-order valence-corrected chi connectivity index (χ1v) is 5.69. The van der Waals surface area contributed by atoms with Crippen LogP contribution in [0.1, 0.15) is 26.6 Å². The van der Waals surface area contributed by atoms with Crippen molar-refractivity contribution in [1.29, 1.82) is 0 Å². The average molecular weight is 237 g/mol. The second-order valence-corrected chi connectivity index (χ2v) is 4.50. The Kier molecular flexibility index (Phi) is 4.43. The van der Waals surface area contributed by atoms with E-state index >= 15 is 0 Å². The lowest BCUT2D eigenvalue weighted by molar-refractivity contribution is -0.128. The van der Waals surface area contributed by atoms with E-state index in [-0.39, 0.29) is 24.2 Å². The fourth-order valence-electron chi connectivity index (χ4n) is 1.68. The molecule has 5 nitrogen and oxygen atoms in total. The summed E-state index contributed by atoms with van der Waals surface area (Å²) < 4.78 is 1.74. The van der Waals surface area contributed by atoms with Crippen LogP contribution >= 0.6 is 0 Å². The Labute approximate surface area is 101 Å². The van der Waals surface area contributed by atoms with Crippen molar-refractivity contribution in [1.82, 2.24) is 14.9 Å². The number of rotatable bonds is 5. The number of nitrogens with zero attached hydrogens (tertiary/aromatic N) is 2. The van der Waals surface area contributed by atoms with Crippen LogP contribution in [-0.4, -0.2) is 27.3 Å². The number of ketones is 1. The van der Waals surface area contributed by atoms with Crippen molar-refractivity contribution in [3.05, 3.63) is 18.2 Å². The number of aryl methyl sites for hydroxylation is 1. The Balaban J connectivity index is 2.60. The van der Waals surface area contributed by atoms with Gasteiger partial charge in [0.1, 0.15) is 12.4 Å². The van der Waals surface area contributed by atoms with E-state index in [9.17, 15) is 9.59 Å². The maximum absolute atomic E-state index is 11.8. The molecule has 17 heavy (non-hydrogen) atoms. The van der Waals surface area contributed by atoms with E-state index in [1.807, 2.05) is 20.8 Å². The Hall–Kier alpha value is -1.65. The van der Waals surface area contributed by atoms with Gasteiger partial charge in [-0.05, 0) is 19.8 Å². The predicted octanol–water partition coefficient (Wildman–Crippen LogP) is 0.921. The first kappa shape index (κ1) is 13.4. The molecule has 1 atom stereocenters. The molecule has 0 radical (unpaired) electrons. The smallest absolute Gasteiger partial charge is 0.240 e. The van der Waals surface area contributed by atoms with Gasteiger partial charge in [0.05, 0.1) is 6.04 Å². The zero-order chi connectivity index (χ0) is 13.0. The number of imidazole rings is 1. The van der Waals surface area contributed by atoms with Crippen LogP contribution in [0.2, 0.25) is 0 Å². The molecule has 1 aromatic rings. The van der Waals surface area contributed by atoms with Crippen LogP contribution in [0.25, 0.3) is 0 Å². The fourth-order valence-corrected chi connectivity index (χ4v) is 1.68. The molecule has 0 spiro atoms. The molecular weight excluding hydrogens is 218 g/mol. The summed E-state index contributed by atoms with van der Waals surface area (Å²) in [6, 6.07) is -0.411. The van der Waals surface area contributed by atoms with Crippen molar-refractivity contribution >= 4 is 11.7 Å². The summed E-state index contributed by atoms with van der Waals surface area (Å²) in [6.07, 6.45) is 3.39. The third-order valence-corrected chi connectivity index (χ3v) is 2.66. The van der Waals surface area contributed by atoms with Gasteiger partial charge in [0.2, 0.25) is 5.91 Å². The molecule has 1 rings (SSSR count). The minimum absolute atomic E-state index is 0.0179. The normalized spacial score (nSPS) is 12.5. The van der Waals surface area contributed by atoms with Gasteiger partial charge >= 0.3 is 0 Å². The van der Waals surface area contributed by atoms with Gasteiger partial charge in [-0.2, -0.15) is 0 Å². The summed E-state index contributed by atoms with van der Waals surface area (Å²) in [4.78, 5) is 27.2. The summed E-state index contributed by atoms with van der Waals surface area (Å²) in [5.41, 5.74) is 0. The molecule has 1 aromatic heterocycles. The van der Waals surface area contributed by atoms with E-state index in [2.05, 4.69) is 10.3 Å². The summed E-state index contributed by atoms with van der Waals surface area (Å²) in [6.45, 7) is 7.34. The monoisotopic (exact) mass is 237 g/mol. The molecule has 1 heterocycles. The van der Waals surface area contributed by atoms with E-state index in [0.717, 1.165) is 5.82 Å². The molecule has 0 aliphatic rings. The van der Waals surface area contributed by atoms with Gasteiger partial charge in [0.25, 0.3) is 0 Å². The largest absolute Gasteiger partial charge is 0.344 e. The number of aromatic nitrogens is 2. The summed E-state index contributed by atoms with van der Waals surface area (Å²) >= 11 is 0. The zero-order valence-electron chi connectivity index (χ0n) is 10.7. The third-order valence-electron chi connectivity index (χ3n) is 2.66. The number of hydrogen-bond acceptors (Lipinski definition) is 3. The van der Waals surface area contributed by atoms with Crippen molar-refractivity contribution in [2.45, 2.75) is 40.3 Å². The lowest BCUT2D eigenvalue weighted by Crippen LogP contribution is -2.44. The van der Waals surface area contributed by atoms with Gasteiger partial charge in [-0.15, -0.1) is 0 Å². The Bertz CT molecular complexity index is 410. The SMILES string of the molecule is CC(=O)C(NC(=O)Cn1ccnc1C)C(C)C. The van der Waals surface area contributed by atoms with Crippen LogP contribution in [0.5, 0.6) is 0 Å². The average Bonchev–Trinajstić information content (AvgIpc) is 2.60. The van der Waals surface area contributed by atoms with E-state index in [1.165, 1.54) is 6.92 Å². The maximum atomic E-state index is 11.8. The molecule has 1 N–H and O–H groups in total.